The summed E-state index contributed by atoms with van der Waals surface area (Å²) in [5.41, 5.74) is 1.93. The van der Waals surface area contributed by atoms with Crippen LogP contribution < -0.4 is 5.32 Å². The zero-order chi connectivity index (χ0) is 18.7. The number of carbonyl (C=O) groups excluding carboxylic acids is 2. The third kappa shape index (κ3) is 5.06. The first kappa shape index (κ1) is 20.0. The number of hydrogen-bond acceptors (Lipinski definition) is 3. The topological polar surface area (TPSA) is 49.4 Å². The van der Waals surface area contributed by atoms with Crippen molar-refractivity contribution < 1.29 is 9.59 Å². The molecule has 0 saturated carbocycles. The molecule has 2 rings (SSSR count). The van der Waals surface area contributed by atoms with Crippen LogP contribution in [0.15, 0.2) is 0 Å². The van der Waals surface area contributed by atoms with E-state index in [0.29, 0.717) is 17.8 Å². The molecule has 0 unspecified atom stereocenters. The number of amides is 2. The lowest BCUT2D eigenvalue weighted by molar-refractivity contribution is -0.114. The Labute approximate surface area is 156 Å². The molecule has 0 radical (unpaired) electrons. The standard InChI is InChI=1S/C20H32N2O2S/c1-12(2)10-22(11-13(3)4)20(24)18-16-8-7-14(5)9-17(16)25-19(18)21-15(6)23/h12-14H,7-11H2,1-6H3,(H,21,23)/t14-/m1/s1. The number of carbonyl (C=O) groups is 2. The van der Waals surface area contributed by atoms with Crippen LogP contribution in [0.25, 0.3) is 0 Å². The van der Waals surface area contributed by atoms with Crippen LogP contribution in [0.1, 0.15) is 68.8 Å². The second-order valence-electron chi connectivity index (χ2n) is 8.23. The Kier molecular flexibility index (Phi) is 6.66. The Morgan fingerprint density at radius 3 is 2.32 bits per heavy atom. The van der Waals surface area contributed by atoms with Crippen LogP contribution >= 0.6 is 11.3 Å². The number of nitrogens with zero attached hydrogens (tertiary/aromatic N) is 1. The van der Waals surface area contributed by atoms with Gasteiger partial charge in [0.25, 0.3) is 5.91 Å². The predicted molar refractivity (Wildman–Crippen MR) is 105 cm³/mol. The molecule has 0 bridgehead atoms. The largest absolute Gasteiger partial charge is 0.338 e. The van der Waals surface area contributed by atoms with Gasteiger partial charge in [0.05, 0.1) is 5.56 Å². The third-order valence-corrected chi connectivity index (χ3v) is 5.64. The summed E-state index contributed by atoms with van der Waals surface area (Å²) in [5.74, 6) is 1.45. The molecule has 1 heterocycles. The Balaban J connectivity index is 2.42. The van der Waals surface area contributed by atoms with E-state index >= 15 is 0 Å². The second kappa shape index (κ2) is 8.35. The van der Waals surface area contributed by atoms with Crippen LogP contribution in [0.4, 0.5) is 5.00 Å². The normalized spacial score (nSPS) is 16.9. The van der Waals surface area contributed by atoms with Crippen LogP contribution in [0, 0.1) is 17.8 Å². The third-order valence-electron chi connectivity index (χ3n) is 4.47. The van der Waals surface area contributed by atoms with E-state index < -0.39 is 0 Å². The van der Waals surface area contributed by atoms with E-state index in [1.165, 1.54) is 17.4 Å². The van der Waals surface area contributed by atoms with Crippen molar-refractivity contribution in [3.63, 3.8) is 0 Å². The molecule has 1 aromatic heterocycles. The molecule has 1 atom stereocenters. The van der Waals surface area contributed by atoms with E-state index in [9.17, 15) is 9.59 Å². The van der Waals surface area contributed by atoms with Crippen molar-refractivity contribution in [2.24, 2.45) is 17.8 Å². The first-order valence-corrected chi connectivity index (χ1v) is 10.2. The van der Waals surface area contributed by atoms with Crippen molar-refractivity contribution in [1.82, 2.24) is 4.90 Å². The highest BCUT2D eigenvalue weighted by molar-refractivity contribution is 7.17. The van der Waals surface area contributed by atoms with Crippen molar-refractivity contribution in [2.45, 2.75) is 60.8 Å². The quantitative estimate of drug-likeness (QED) is 0.803. The molecule has 0 saturated heterocycles. The zero-order valence-corrected chi connectivity index (χ0v) is 17.3. The van der Waals surface area contributed by atoms with E-state index in [1.807, 2.05) is 4.90 Å². The van der Waals surface area contributed by atoms with E-state index in [1.54, 1.807) is 11.3 Å². The fourth-order valence-corrected chi connectivity index (χ4v) is 4.95. The van der Waals surface area contributed by atoms with Gasteiger partial charge in [-0.1, -0.05) is 34.6 Å². The fourth-order valence-electron chi connectivity index (χ4n) is 3.50. The number of hydrogen-bond donors (Lipinski definition) is 1. The van der Waals surface area contributed by atoms with Gasteiger partial charge >= 0.3 is 0 Å². The maximum Gasteiger partial charge on any atom is 0.257 e. The maximum atomic E-state index is 13.4. The highest BCUT2D eigenvalue weighted by atomic mass is 32.1. The summed E-state index contributed by atoms with van der Waals surface area (Å²) in [6, 6.07) is 0. The molecule has 25 heavy (non-hydrogen) atoms. The van der Waals surface area contributed by atoms with Gasteiger partial charge in [-0.3, -0.25) is 9.59 Å². The minimum Gasteiger partial charge on any atom is -0.338 e. The van der Waals surface area contributed by atoms with Crippen molar-refractivity contribution in [2.75, 3.05) is 18.4 Å². The molecular weight excluding hydrogens is 332 g/mol. The highest BCUT2D eigenvalue weighted by Gasteiger charge is 2.30. The van der Waals surface area contributed by atoms with Gasteiger partial charge in [0.1, 0.15) is 5.00 Å². The number of anilines is 1. The van der Waals surface area contributed by atoms with Crippen molar-refractivity contribution in [3.8, 4) is 0 Å². The van der Waals surface area contributed by atoms with Crippen LogP contribution in [0.2, 0.25) is 0 Å². The Bertz CT molecular complexity index is 624. The van der Waals surface area contributed by atoms with Gasteiger partial charge in [-0.05, 0) is 42.6 Å². The summed E-state index contributed by atoms with van der Waals surface area (Å²) in [7, 11) is 0. The molecular formula is C20H32N2O2S. The minimum atomic E-state index is -0.111. The summed E-state index contributed by atoms with van der Waals surface area (Å²) in [5, 5.41) is 3.66. The Morgan fingerprint density at radius 1 is 1.20 bits per heavy atom. The van der Waals surface area contributed by atoms with Gasteiger partial charge in [0.2, 0.25) is 5.91 Å². The number of fused-ring (bicyclic) bond motifs is 1. The summed E-state index contributed by atoms with van der Waals surface area (Å²) in [6.45, 7) is 13.8. The molecule has 2 amide bonds. The predicted octanol–water partition coefficient (Wildman–Crippen LogP) is 4.59. The molecule has 0 aliphatic heterocycles. The fraction of sp³-hybridized carbons (Fsp3) is 0.700. The van der Waals surface area contributed by atoms with E-state index in [2.05, 4.69) is 39.9 Å². The zero-order valence-electron chi connectivity index (χ0n) is 16.4. The van der Waals surface area contributed by atoms with Crippen LogP contribution in [0.3, 0.4) is 0 Å². The van der Waals surface area contributed by atoms with Gasteiger partial charge < -0.3 is 10.2 Å². The molecule has 1 aliphatic rings. The molecule has 0 fully saturated rings. The molecule has 0 spiro atoms. The minimum absolute atomic E-state index is 0.0817. The molecule has 1 aliphatic carbocycles. The second-order valence-corrected chi connectivity index (χ2v) is 9.34. The Morgan fingerprint density at radius 2 is 1.80 bits per heavy atom. The van der Waals surface area contributed by atoms with Gasteiger partial charge in [0, 0.05) is 24.9 Å². The van der Waals surface area contributed by atoms with Crippen LogP contribution in [-0.4, -0.2) is 29.8 Å². The van der Waals surface area contributed by atoms with Gasteiger partial charge in [0.15, 0.2) is 0 Å². The van der Waals surface area contributed by atoms with Crippen molar-refractivity contribution >= 4 is 28.2 Å². The molecule has 0 aromatic carbocycles. The average molecular weight is 365 g/mol. The summed E-state index contributed by atoms with van der Waals surface area (Å²) < 4.78 is 0. The maximum absolute atomic E-state index is 13.4. The Hall–Kier alpha value is -1.36. The van der Waals surface area contributed by atoms with Gasteiger partial charge in [-0.2, -0.15) is 0 Å². The molecule has 140 valence electrons. The first-order chi connectivity index (χ1) is 11.7. The summed E-state index contributed by atoms with van der Waals surface area (Å²) >= 11 is 1.60. The summed E-state index contributed by atoms with van der Waals surface area (Å²) in [4.78, 5) is 28.3. The highest BCUT2D eigenvalue weighted by Crippen LogP contribution is 2.40. The number of rotatable bonds is 6. The number of nitrogens with one attached hydrogen (secondary N) is 1. The average Bonchev–Trinajstić information content (AvgIpc) is 2.80. The lowest BCUT2D eigenvalue weighted by Crippen LogP contribution is -2.37. The molecule has 1 aromatic rings. The van der Waals surface area contributed by atoms with E-state index in [4.69, 9.17) is 0 Å². The van der Waals surface area contributed by atoms with Crippen molar-refractivity contribution in [3.05, 3.63) is 16.0 Å². The van der Waals surface area contributed by atoms with Crippen LogP contribution in [0.5, 0.6) is 0 Å². The molecule has 5 heteroatoms. The first-order valence-electron chi connectivity index (χ1n) is 9.40. The molecule has 1 N–H and O–H groups in total. The lowest BCUT2D eigenvalue weighted by atomic mass is 9.88. The lowest BCUT2D eigenvalue weighted by Gasteiger charge is -2.28. The summed E-state index contributed by atoms with van der Waals surface area (Å²) in [6.07, 6.45) is 3.05. The number of thiophene rings is 1. The monoisotopic (exact) mass is 364 g/mol. The van der Waals surface area contributed by atoms with E-state index in [0.717, 1.165) is 42.9 Å². The van der Waals surface area contributed by atoms with E-state index in [-0.39, 0.29) is 11.8 Å². The SMILES string of the molecule is CC(=O)Nc1sc2c(c1C(=O)N(CC(C)C)CC(C)C)CC[C@@H](C)C2. The van der Waals surface area contributed by atoms with Gasteiger partial charge in [-0.25, -0.2) is 0 Å². The van der Waals surface area contributed by atoms with Crippen molar-refractivity contribution in [1.29, 1.82) is 0 Å². The van der Waals surface area contributed by atoms with Crippen LogP contribution in [-0.2, 0) is 17.6 Å². The molecule has 4 nitrogen and oxygen atoms in total. The van der Waals surface area contributed by atoms with Gasteiger partial charge in [-0.15, -0.1) is 11.3 Å². The smallest absolute Gasteiger partial charge is 0.257 e.